The summed E-state index contributed by atoms with van der Waals surface area (Å²) in [6, 6.07) is 6.04. The third kappa shape index (κ3) is 6.20. The van der Waals surface area contributed by atoms with E-state index in [1.165, 1.54) is 5.56 Å². The average molecular weight is 314 g/mol. The van der Waals surface area contributed by atoms with Crippen molar-refractivity contribution >= 4 is 11.8 Å². The van der Waals surface area contributed by atoms with Gasteiger partial charge in [-0.3, -0.25) is 4.98 Å². The first-order chi connectivity index (χ1) is 11.1. The topological polar surface area (TPSA) is 57.2 Å². The summed E-state index contributed by atoms with van der Waals surface area (Å²) in [4.78, 5) is 17.2. The molecule has 0 unspecified atom stereocenters. The molecule has 2 rings (SSSR count). The second-order valence-electron chi connectivity index (χ2n) is 5.85. The van der Waals surface area contributed by atoms with Crippen molar-refractivity contribution < 1.29 is 0 Å². The van der Waals surface area contributed by atoms with Crippen molar-refractivity contribution in [2.45, 2.75) is 12.8 Å². The minimum absolute atomic E-state index is 0.692. The van der Waals surface area contributed by atoms with Crippen LogP contribution in [0.1, 0.15) is 12.0 Å². The Bertz CT molecular complexity index is 572. The van der Waals surface area contributed by atoms with E-state index in [4.69, 9.17) is 0 Å². The molecule has 0 aliphatic carbocycles. The lowest BCUT2D eigenvalue weighted by Crippen LogP contribution is -2.22. The number of hydrogen-bond donors (Lipinski definition) is 1. The van der Waals surface area contributed by atoms with Gasteiger partial charge in [-0.1, -0.05) is 0 Å². The van der Waals surface area contributed by atoms with Crippen LogP contribution in [0.4, 0.5) is 11.8 Å². The van der Waals surface area contributed by atoms with Crippen LogP contribution in [0, 0.1) is 0 Å². The number of hydrogen-bond acceptors (Lipinski definition) is 6. The van der Waals surface area contributed by atoms with E-state index < -0.39 is 0 Å². The summed E-state index contributed by atoms with van der Waals surface area (Å²) >= 11 is 0. The smallest absolute Gasteiger partial charge is 0.224 e. The molecule has 23 heavy (non-hydrogen) atoms. The van der Waals surface area contributed by atoms with Gasteiger partial charge in [0.15, 0.2) is 0 Å². The summed E-state index contributed by atoms with van der Waals surface area (Å²) in [5.74, 6) is 1.63. The van der Waals surface area contributed by atoms with E-state index in [-0.39, 0.29) is 0 Å². The molecule has 2 aromatic rings. The fourth-order valence-electron chi connectivity index (χ4n) is 2.20. The van der Waals surface area contributed by atoms with Crippen LogP contribution in [0.3, 0.4) is 0 Å². The van der Waals surface area contributed by atoms with Gasteiger partial charge in [0.05, 0.1) is 0 Å². The Hall–Kier alpha value is -2.21. The monoisotopic (exact) mass is 314 g/mol. The predicted octanol–water partition coefficient (Wildman–Crippen LogP) is 1.91. The summed E-state index contributed by atoms with van der Waals surface area (Å²) < 4.78 is 0. The molecule has 1 N–H and O–H groups in total. The molecular formula is C17H26N6. The lowest BCUT2D eigenvalue weighted by atomic mass is 10.2. The van der Waals surface area contributed by atoms with Gasteiger partial charge in [-0.25, -0.2) is 4.98 Å². The number of anilines is 2. The molecule has 6 nitrogen and oxygen atoms in total. The van der Waals surface area contributed by atoms with Gasteiger partial charge in [0.1, 0.15) is 5.82 Å². The molecule has 0 saturated carbocycles. The third-order valence-corrected chi connectivity index (χ3v) is 3.58. The molecule has 124 valence electrons. The Kier molecular flexibility index (Phi) is 6.75. The van der Waals surface area contributed by atoms with Gasteiger partial charge in [-0.05, 0) is 57.2 Å². The number of rotatable bonds is 9. The highest BCUT2D eigenvalue weighted by molar-refractivity contribution is 5.41. The van der Waals surface area contributed by atoms with Crippen LogP contribution < -0.4 is 10.2 Å². The van der Waals surface area contributed by atoms with Crippen LogP contribution in [0.15, 0.2) is 36.8 Å². The molecule has 0 bridgehead atoms. The van der Waals surface area contributed by atoms with Crippen LogP contribution in [0.2, 0.25) is 0 Å². The van der Waals surface area contributed by atoms with E-state index in [1.54, 1.807) is 6.20 Å². The first kappa shape index (κ1) is 17.1. The van der Waals surface area contributed by atoms with Crippen LogP contribution in [0.25, 0.3) is 0 Å². The first-order valence-corrected chi connectivity index (χ1v) is 7.97. The van der Waals surface area contributed by atoms with Crippen molar-refractivity contribution in [2.24, 2.45) is 0 Å². The third-order valence-electron chi connectivity index (χ3n) is 3.58. The zero-order valence-electron chi connectivity index (χ0n) is 14.2. The highest BCUT2D eigenvalue weighted by Gasteiger charge is 2.05. The van der Waals surface area contributed by atoms with Crippen molar-refractivity contribution in [1.82, 2.24) is 19.9 Å². The van der Waals surface area contributed by atoms with Crippen LogP contribution in [-0.4, -0.2) is 60.6 Å². The van der Waals surface area contributed by atoms with Gasteiger partial charge < -0.3 is 15.1 Å². The fraction of sp³-hybridized carbons (Fsp3) is 0.471. The second kappa shape index (κ2) is 9.05. The standard InChI is InChI=1S/C17H26N6/c1-22(2)13-4-9-19-17-20-12-7-16(21-17)23(3)14-8-15-5-10-18-11-6-15/h5-7,10-12H,4,8-9,13-14H2,1-3H3,(H,19,20,21). The number of nitrogens with zero attached hydrogens (tertiary/aromatic N) is 5. The molecule has 0 saturated heterocycles. The van der Waals surface area contributed by atoms with Crippen LogP contribution in [-0.2, 0) is 6.42 Å². The Labute approximate surface area is 138 Å². The van der Waals surface area contributed by atoms with Gasteiger partial charge in [0.25, 0.3) is 0 Å². The van der Waals surface area contributed by atoms with Gasteiger partial charge in [0.2, 0.25) is 5.95 Å². The minimum atomic E-state index is 0.692. The van der Waals surface area contributed by atoms with Crippen molar-refractivity contribution in [2.75, 3.05) is 51.0 Å². The number of aromatic nitrogens is 3. The molecule has 6 heteroatoms. The summed E-state index contributed by atoms with van der Waals surface area (Å²) in [6.45, 7) is 2.84. The van der Waals surface area contributed by atoms with Crippen LogP contribution in [0.5, 0.6) is 0 Å². The lowest BCUT2D eigenvalue weighted by Gasteiger charge is -2.18. The van der Waals surface area contributed by atoms with E-state index in [0.29, 0.717) is 5.95 Å². The largest absolute Gasteiger partial charge is 0.359 e. The number of pyridine rings is 1. The van der Waals surface area contributed by atoms with Gasteiger partial charge in [0, 0.05) is 38.7 Å². The maximum absolute atomic E-state index is 4.58. The normalized spacial score (nSPS) is 10.8. The van der Waals surface area contributed by atoms with Crippen molar-refractivity contribution in [3.05, 3.63) is 42.4 Å². The van der Waals surface area contributed by atoms with E-state index in [0.717, 1.165) is 38.3 Å². The lowest BCUT2D eigenvalue weighted by molar-refractivity contribution is 0.405. The molecule has 0 aromatic carbocycles. The zero-order chi connectivity index (χ0) is 16.5. The average Bonchev–Trinajstić information content (AvgIpc) is 2.57. The Morgan fingerprint density at radius 1 is 1.00 bits per heavy atom. The van der Waals surface area contributed by atoms with Crippen molar-refractivity contribution in [3.8, 4) is 0 Å². The molecule has 0 fully saturated rings. The van der Waals surface area contributed by atoms with E-state index in [9.17, 15) is 0 Å². The maximum atomic E-state index is 4.58. The molecule has 0 amide bonds. The van der Waals surface area contributed by atoms with E-state index in [1.807, 2.05) is 30.6 Å². The second-order valence-corrected chi connectivity index (χ2v) is 5.85. The molecular weight excluding hydrogens is 288 g/mol. The van der Waals surface area contributed by atoms with E-state index in [2.05, 4.69) is 51.2 Å². The minimum Gasteiger partial charge on any atom is -0.359 e. The van der Waals surface area contributed by atoms with E-state index >= 15 is 0 Å². The Balaban J connectivity index is 1.83. The molecule has 0 spiro atoms. The van der Waals surface area contributed by atoms with Crippen LogP contribution >= 0.6 is 0 Å². The number of likely N-dealkylation sites (N-methyl/N-ethyl adjacent to an activating group) is 1. The summed E-state index contributed by atoms with van der Waals surface area (Å²) in [5, 5.41) is 3.29. The molecule has 0 atom stereocenters. The Morgan fingerprint density at radius 3 is 2.52 bits per heavy atom. The summed E-state index contributed by atoms with van der Waals surface area (Å²) in [5.41, 5.74) is 1.28. The first-order valence-electron chi connectivity index (χ1n) is 7.97. The number of nitrogens with one attached hydrogen (secondary N) is 1. The molecule has 0 aliphatic rings. The summed E-state index contributed by atoms with van der Waals surface area (Å²) in [7, 11) is 6.21. The highest BCUT2D eigenvalue weighted by Crippen LogP contribution is 2.11. The molecule has 0 radical (unpaired) electrons. The molecule has 2 aromatic heterocycles. The molecule has 2 heterocycles. The summed E-state index contributed by atoms with van der Waals surface area (Å²) in [6.07, 6.45) is 7.50. The van der Waals surface area contributed by atoms with Gasteiger partial charge in [-0.15, -0.1) is 0 Å². The van der Waals surface area contributed by atoms with Gasteiger partial charge >= 0.3 is 0 Å². The molecule has 0 aliphatic heterocycles. The fourth-order valence-corrected chi connectivity index (χ4v) is 2.20. The van der Waals surface area contributed by atoms with Crippen molar-refractivity contribution in [1.29, 1.82) is 0 Å². The Morgan fingerprint density at radius 2 is 1.78 bits per heavy atom. The predicted molar refractivity (Wildman–Crippen MR) is 94.9 cm³/mol. The van der Waals surface area contributed by atoms with Gasteiger partial charge in [-0.2, -0.15) is 4.98 Å². The van der Waals surface area contributed by atoms with Crippen molar-refractivity contribution in [3.63, 3.8) is 0 Å². The quantitative estimate of drug-likeness (QED) is 0.714. The maximum Gasteiger partial charge on any atom is 0.224 e. The highest BCUT2D eigenvalue weighted by atomic mass is 15.2. The SMILES string of the molecule is CN(C)CCCNc1nccc(N(C)CCc2ccncc2)n1. The zero-order valence-corrected chi connectivity index (χ0v) is 14.2.